The Morgan fingerprint density at radius 3 is 3.19 bits per heavy atom. The van der Waals surface area contributed by atoms with Crippen LogP contribution < -0.4 is 5.32 Å². The summed E-state index contributed by atoms with van der Waals surface area (Å²) >= 11 is 5.72. The molecule has 88 valence electrons. The summed E-state index contributed by atoms with van der Waals surface area (Å²) in [5.41, 5.74) is 0. The number of nitrogens with zero attached hydrogens (tertiary/aromatic N) is 3. The largest absolute Gasteiger partial charge is 0.370 e. The Balaban J connectivity index is 1.80. The lowest BCUT2D eigenvalue weighted by Gasteiger charge is -2.13. The summed E-state index contributed by atoms with van der Waals surface area (Å²) in [5.74, 6) is 1.53. The van der Waals surface area contributed by atoms with Crippen molar-refractivity contribution >= 4 is 17.4 Å². The normalized spacial score (nSPS) is 21.2. The zero-order valence-electron chi connectivity index (χ0n) is 9.49. The summed E-state index contributed by atoms with van der Waals surface area (Å²) in [7, 11) is 0. The van der Waals surface area contributed by atoms with E-state index in [-0.39, 0.29) is 0 Å². The van der Waals surface area contributed by atoms with Crippen LogP contribution in [-0.2, 0) is 0 Å². The maximum absolute atomic E-state index is 5.72. The molecule has 2 heterocycles. The van der Waals surface area contributed by atoms with Crippen LogP contribution in [0.4, 0.5) is 5.82 Å². The van der Waals surface area contributed by atoms with Gasteiger partial charge in [0.2, 0.25) is 5.28 Å². The molecule has 1 N–H and O–H groups in total. The summed E-state index contributed by atoms with van der Waals surface area (Å²) in [4.78, 5) is 10.4. The molecule has 0 spiro atoms. The number of hydrogen-bond donors (Lipinski definition) is 1. The van der Waals surface area contributed by atoms with Crippen molar-refractivity contribution in [3.8, 4) is 0 Å². The molecule has 0 radical (unpaired) electrons. The molecule has 0 aromatic carbocycles. The molecule has 1 unspecified atom stereocenters. The van der Waals surface area contributed by atoms with Gasteiger partial charge in [0, 0.05) is 19.3 Å². The fourth-order valence-corrected chi connectivity index (χ4v) is 2.20. The van der Waals surface area contributed by atoms with Crippen LogP contribution in [0, 0.1) is 5.92 Å². The van der Waals surface area contributed by atoms with E-state index in [1.165, 1.54) is 19.5 Å². The fourth-order valence-electron chi connectivity index (χ4n) is 2.05. The molecule has 4 nitrogen and oxygen atoms in total. The van der Waals surface area contributed by atoms with Crippen molar-refractivity contribution in [3.05, 3.63) is 17.5 Å². The van der Waals surface area contributed by atoms with Crippen molar-refractivity contribution in [3.63, 3.8) is 0 Å². The third-order valence-corrected chi connectivity index (χ3v) is 3.20. The third-order valence-electron chi connectivity index (χ3n) is 3.02. The van der Waals surface area contributed by atoms with E-state index in [0.29, 0.717) is 11.2 Å². The smallest absolute Gasteiger partial charge is 0.224 e. The van der Waals surface area contributed by atoms with Crippen molar-refractivity contribution in [1.29, 1.82) is 0 Å². The topological polar surface area (TPSA) is 41.0 Å². The Bertz CT molecular complexity index is 345. The van der Waals surface area contributed by atoms with Crippen LogP contribution in [0.3, 0.4) is 0 Å². The predicted octanol–water partition coefficient (Wildman–Crippen LogP) is 1.88. The van der Waals surface area contributed by atoms with Crippen molar-refractivity contribution in [2.75, 3.05) is 31.5 Å². The van der Waals surface area contributed by atoms with E-state index in [1.54, 1.807) is 6.20 Å². The maximum Gasteiger partial charge on any atom is 0.224 e. The average Bonchev–Trinajstić information content (AvgIpc) is 2.74. The Morgan fingerprint density at radius 1 is 1.62 bits per heavy atom. The molecule has 1 saturated heterocycles. The van der Waals surface area contributed by atoms with E-state index in [0.717, 1.165) is 18.9 Å². The number of halogens is 1. The molecule has 1 aliphatic rings. The first-order valence-electron chi connectivity index (χ1n) is 5.72. The Morgan fingerprint density at radius 2 is 2.50 bits per heavy atom. The molecule has 0 bridgehead atoms. The quantitative estimate of drug-likeness (QED) is 0.816. The first-order chi connectivity index (χ1) is 7.78. The van der Waals surface area contributed by atoms with Gasteiger partial charge in [0.1, 0.15) is 5.82 Å². The van der Waals surface area contributed by atoms with Crippen LogP contribution in [0.15, 0.2) is 12.3 Å². The van der Waals surface area contributed by atoms with E-state index in [4.69, 9.17) is 11.6 Å². The molecule has 1 aliphatic heterocycles. The van der Waals surface area contributed by atoms with Crippen LogP contribution in [0.2, 0.25) is 5.28 Å². The Hall–Kier alpha value is -0.870. The van der Waals surface area contributed by atoms with E-state index in [2.05, 4.69) is 27.1 Å². The van der Waals surface area contributed by atoms with E-state index in [1.807, 2.05) is 6.07 Å². The summed E-state index contributed by atoms with van der Waals surface area (Å²) in [5, 5.41) is 3.61. The highest BCUT2D eigenvalue weighted by Crippen LogP contribution is 2.16. The van der Waals surface area contributed by atoms with Crippen LogP contribution in [0.5, 0.6) is 0 Å². The van der Waals surface area contributed by atoms with Crippen molar-refractivity contribution in [1.82, 2.24) is 14.9 Å². The Kier molecular flexibility index (Phi) is 3.96. The molecule has 0 aliphatic carbocycles. The second-order valence-corrected chi connectivity index (χ2v) is 4.48. The maximum atomic E-state index is 5.72. The van der Waals surface area contributed by atoms with Crippen molar-refractivity contribution in [2.45, 2.75) is 13.3 Å². The summed E-state index contributed by atoms with van der Waals surface area (Å²) in [6, 6.07) is 1.85. The van der Waals surface area contributed by atoms with E-state index in [9.17, 15) is 0 Å². The molecular formula is C11H17ClN4. The summed E-state index contributed by atoms with van der Waals surface area (Å²) in [6.07, 6.45) is 2.93. The van der Waals surface area contributed by atoms with Gasteiger partial charge in [0.05, 0.1) is 0 Å². The van der Waals surface area contributed by atoms with Crippen LogP contribution in [-0.4, -0.2) is 41.0 Å². The SMILES string of the molecule is CCN1CCC(CNc2ccnc(Cl)n2)C1. The molecule has 1 fully saturated rings. The second-order valence-electron chi connectivity index (χ2n) is 4.14. The van der Waals surface area contributed by atoms with Crippen LogP contribution >= 0.6 is 11.6 Å². The second kappa shape index (κ2) is 5.46. The Labute approximate surface area is 101 Å². The predicted molar refractivity (Wildman–Crippen MR) is 65.8 cm³/mol. The molecule has 16 heavy (non-hydrogen) atoms. The van der Waals surface area contributed by atoms with Gasteiger partial charge in [-0.15, -0.1) is 0 Å². The number of rotatable bonds is 4. The fraction of sp³-hybridized carbons (Fsp3) is 0.636. The van der Waals surface area contributed by atoms with Gasteiger partial charge in [-0.1, -0.05) is 6.92 Å². The minimum atomic E-state index is 0.298. The summed E-state index contributed by atoms with van der Waals surface area (Å²) < 4.78 is 0. The minimum Gasteiger partial charge on any atom is -0.370 e. The lowest BCUT2D eigenvalue weighted by molar-refractivity contribution is 0.345. The lowest BCUT2D eigenvalue weighted by atomic mass is 10.1. The van der Waals surface area contributed by atoms with Gasteiger partial charge < -0.3 is 10.2 Å². The number of hydrogen-bond acceptors (Lipinski definition) is 4. The first kappa shape index (κ1) is 11.6. The zero-order chi connectivity index (χ0) is 11.4. The van der Waals surface area contributed by atoms with Gasteiger partial charge in [-0.2, -0.15) is 0 Å². The van der Waals surface area contributed by atoms with Gasteiger partial charge in [-0.05, 0) is 43.1 Å². The van der Waals surface area contributed by atoms with Gasteiger partial charge in [0.25, 0.3) is 0 Å². The number of anilines is 1. The standard InChI is InChI=1S/C11H17ClN4/c1-2-16-6-4-9(8-16)7-14-10-3-5-13-11(12)15-10/h3,5,9H,2,4,6-8H2,1H3,(H,13,14,15). The van der Waals surface area contributed by atoms with Gasteiger partial charge in [-0.3, -0.25) is 0 Å². The molecule has 5 heteroatoms. The monoisotopic (exact) mass is 240 g/mol. The first-order valence-corrected chi connectivity index (χ1v) is 6.10. The van der Waals surface area contributed by atoms with Gasteiger partial charge in [0.15, 0.2) is 0 Å². The third kappa shape index (κ3) is 3.06. The van der Waals surface area contributed by atoms with E-state index >= 15 is 0 Å². The molecule has 0 amide bonds. The number of likely N-dealkylation sites (tertiary alicyclic amines) is 1. The highest BCUT2D eigenvalue weighted by molar-refractivity contribution is 6.28. The number of aromatic nitrogens is 2. The average molecular weight is 241 g/mol. The van der Waals surface area contributed by atoms with Crippen molar-refractivity contribution in [2.24, 2.45) is 5.92 Å². The lowest BCUT2D eigenvalue weighted by Crippen LogP contribution is -2.22. The highest BCUT2D eigenvalue weighted by atomic mass is 35.5. The van der Waals surface area contributed by atoms with Crippen molar-refractivity contribution < 1.29 is 0 Å². The van der Waals surface area contributed by atoms with Gasteiger partial charge in [-0.25, -0.2) is 9.97 Å². The highest BCUT2D eigenvalue weighted by Gasteiger charge is 2.20. The zero-order valence-corrected chi connectivity index (χ0v) is 10.2. The molecule has 1 aromatic heterocycles. The molecule has 2 rings (SSSR count). The molecule has 0 saturated carbocycles. The molecule has 1 atom stereocenters. The van der Waals surface area contributed by atoms with Crippen LogP contribution in [0.25, 0.3) is 0 Å². The molecule has 1 aromatic rings. The van der Waals surface area contributed by atoms with Crippen LogP contribution in [0.1, 0.15) is 13.3 Å². The summed E-state index contributed by atoms with van der Waals surface area (Å²) in [6.45, 7) is 6.72. The minimum absolute atomic E-state index is 0.298. The van der Waals surface area contributed by atoms with Gasteiger partial charge >= 0.3 is 0 Å². The number of nitrogens with one attached hydrogen (secondary N) is 1. The molecular weight excluding hydrogens is 224 g/mol. The van der Waals surface area contributed by atoms with E-state index < -0.39 is 0 Å².